The molecular weight excluding hydrogens is 344 g/mol. The fraction of sp³-hybridized carbons (Fsp3) is 0.619. The van der Waals surface area contributed by atoms with Gasteiger partial charge in [0.1, 0.15) is 11.5 Å². The van der Waals surface area contributed by atoms with Crippen molar-refractivity contribution in [3.63, 3.8) is 0 Å². The topological polar surface area (TPSA) is 67.9 Å². The van der Waals surface area contributed by atoms with Crippen molar-refractivity contribution < 1.29 is 19.1 Å². The van der Waals surface area contributed by atoms with Gasteiger partial charge in [0.15, 0.2) is 0 Å². The Labute approximate surface area is 161 Å². The van der Waals surface area contributed by atoms with Gasteiger partial charge < -0.3 is 19.7 Å². The van der Waals surface area contributed by atoms with E-state index in [2.05, 4.69) is 19.2 Å². The van der Waals surface area contributed by atoms with Crippen molar-refractivity contribution in [2.75, 3.05) is 26.1 Å². The van der Waals surface area contributed by atoms with Crippen LogP contribution >= 0.6 is 0 Å². The highest BCUT2D eigenvalue weighted by Gasteiger charge is 2.41. The highest BCUT2D eigenvalue weighted by molar-refractivity contribution is 5.98. The number of ether oxygens (including phenoxy) is 2. The Morgan fingerprint density at radius 2 is 1.96 bits per heavy atom. The average Bonchev–Trinajstić information content (AvgIpc) is 3.06. The molecule has 6 nitrogen and oxygen atoms in total. The Kier molecular flexibility index (Phi) is 5.92. The maximum absolute atomic E-state index is 12.8. The van der Waals surface area contributed by atoms with Gasteiger partial charge in [0, 0.05) is 25.1 Å². The molecule has 2 fully saturated rings. The molecule has 1 heterocycles. The van der Waals surface area contributed by atoms with Crippen LogP contribution in [0.4, 0.5) is 5.69 Å². The van der Waals surface area contributed by atoms with E-state index >= 15 is 0 Å². The largest absolute Gasteiger partial charge is 0.497 e. The second kappa shape index (κ2) is 8.19. The third-order valence-electron chi connectivity index (χ3n) is 6.26. The van der Waals surface area contributed by atoms with E-state index < -0.39 is 0 Å². The zero-order chi connectivity index (χ0) is 19.6. The van der Waals surface area contributed by atoms with E-state index in [-0.39, 0.29) is 30.2 Å². The Morgan fingerprint density at radius 1 is 1.19 bits per heavy atom. The summed E-state index contributed by atoms with van der Waals surface area (Å²) < 4.78 is 10.5. The second-order valence-electron chi connectivity index (χ2n) is 7.84. The third kappa shape index (κ3) is 4.04. The SMILES string of the molecule is COc1ccc(NC(=O)[C@@H]2CC(=O)N([C@H]3CCC[C@@H](C)[C@H]3C)C2)c(OC)c1. The lowest BCUT2D eigenvalue weighted by Gasteiger charge is -2.40. The van der Waals surface area contributed by atoms with Gasteiger partial charge in [-0.2, -0.15) is 0 Å². The normalized spacial score (nSPS) is 28.1. The Hall–Kier alpha value is -2.24. The Morgan fingerprint density at radius 3 is 2.67 bits per heavy atom. The molecule has 6 heteroatoms. The minimum Gasteiger partial charge on any atom is -0.497 e. The van der Waals surface area contributed by atoms with Crippen LogP contribution in [-0.2, 0) is 9.59 Å². The number of nitrogens with one attached hydrogen (secondary N) is 1. The number of nitrogens with zero attached hydrogens (tertiary/aromatic N) is 1. The molecule has 1 aliphatic heterocycles. The first kappa shape index (κ1) is 19.5. The van der Waals surface area contributed by atoms with Crippen molar-refractivity contribution in [1.29, 1.82) is 0 Å². The first-order valence-electron chi connectivity index (χ1n) is 9.77. The van der Waals surface area contributed by atoms with Crippen molar-refractivity contribution in [2.24, 2.45) is 17.8 Å². The maximum Gasteiger partial charge on any atom is 0.229 e. The van der Waals surface area contributed by atoms with Crippen LogP contribution in [0.2, 0.25) is 0 Å². The fourth-order valence-corrected chi connectivity index (χ4v) is 4.36. The molecule has 0 aromatic heterocycles. The highest BCUT2D eigenvalue weighted by atomic mass is 16.5. The number of rotatable bonds is 5. The van der Waals surface area contributed by atoms with Crippen LogP contribution in [0, 0.1) is 17.8 Å². The molecule has 3 rings (SSSR count). The number of carbonyl (C=O) groups is 2. The van der Waals surface area contributed by atoms with Crippen LogP contribution in [0.1, 0.15) is 39.5 Å². The van der Waals surface area contributed by atoms with Gasteiger partial charge in [-0.3, -0.25) is 9.59 Å². The Bertz CT molecular complexity index is 705. The van der Waals surface area contributed by atoms with Gasteiger partial charge >= 0.3 is 0 Å². The number of likely N-dealkylation sites (tertiary alicyclic amines) is 1. The van der Waals surface area contributed by atoms with Crippen LogP contribution in [-0.4, -0.2) is 43.5 Å². The monoisotopic (exact) mass is 374 g/mol. The molecule has 148 valence electrons. The maximum atomic E-state index is 12.8. The summed E-state index contributed by atoms with van der Waals surface area (Å²) in [6.45, 7) is 5.00. The van der Waals surface area contributed by atoms with Gasteiger partial charge in [-0.15, -0.1) is 0 Å². The highest BCUT2D eigenvalue weighted by Crippen LogP contribution is 2.36. The summed E-state index contributed by atoms with van der Waals surface area (Å²) >= 11 is 0. The predicted molar refractivity (Wildman–Crippen MR) is 104 cm³/mol. The van der Waals surface area contributed by atoms with E-state index in [4.69, 9.17) is 9.47 Å². The van der Waals surface area contributed by atoms with Crippen molar-refractivity contribution in [3.8, 4) is 11.5 Å². The van der Waals surface area contributed by atoms with Gasteiger partial charge in [-0.25, -0.2) is 0 Å². The molecule has 1 aliphatic carbocycles. The molecule has 1 saturated heterocycles. The van der Waals surface area contributed by atoms with Gasteiger partial charge in [0.05, 0.1) is 25.8 Å². The molecule has 0 radical (unpaired) electrons. The standard InChI is InChI=1S/C21H30N2O4/c1-13-6-5-7-18(14(13)2)23-12-15(10-20(23)24)21(25)22-17-9-8-16(26-3)11-19(17)27-4/h8-9,11,13-15,18H,5-7,10,12H2,1-4H3,(H,22,25)/t13-,14-,15-,18+/m1/s1. The van der Waals surface area contributed by atoms with E-state index in [1.165, 1.54) is 6.42 Å². The van der Waals surface area contributed by atoms with Crippen LogP contribution in [0.5, 0.6) is 11.5 Å². The van der Waals surface area contributed by atoms with Crippen LogP contribution in [0.15, 0.2) is 18.2 Å². The summed E-state index contributed by atoms with van der Waals surface area (Å²) in [4.78, 5) is 27.3. The smallest absolute Gasteiger partial charge is 0.229 e. The molecule has 0 spiro atoms. The summed E-state index contributed by atoms with van der Waals surface area (Å²) in [6.07, 6.45) is 3.69. The van der Waals surface area contributed by atoms with E-state index in [9.17, 15) is 9.59 Å². The van der Waals surface area contributed by atoms with Gasteiger partial charge in [-0.05, 0) is 30.4 Å². The molecule has 2 aliphatic rings. The molecule has 27 heavy (non-hydrogen) atoms. The molecule has 1 N–H and O–H groups in total. The van der Waals surface area contributed by atoms with Gasteiger partial charge in [0.25, 0.3) is 0 Å². The number of carbonyl (C=O) groups excluding carboxylic acids is 2. The van der Waals surface area contributed by atoms with E-state index in [1.807, 2.05) is 4.90 Å². The van der Waals surface area contributed by atoms with Crippen molar-refractivity contribution in [3.05, 3.63) is 18.2 Å². The number of hydrogen-bond acceptors (Lipinski definition) is 4. The predicted octanol–water partition coefficient (Wildman–Crippen LogP) is 3.32. The number of benzene rings is 1. The molecule has 1 saturated carbocycles. The minimum absolute atomic E-state index is 0.0998. The summed E-state index contributed by atoms with van der Waals surface area (Å²) in [7, 11) is 3.13. The van der Waals surface area contributed by atoms with E-state index in [1.54, 1.807) is 32.4 Å². The first-order chi connectivity index (χ1) is 12.9. The zero-order valence-electron chi connectivity index (χ0n) is 16.7. The third-order valence-corrected chi connectivity index (χ3v) is 6.26. The molecule has 0 unspecified atom stereocenters. The lowest BCUT2D eigenvalue weighted by Crippen LogP contribution is -2.45. The molecule has 0 bridgehead atoms. The number of anilines is 1. The molecule has 1 aromatic carbocycles. The first-order valence-corrected chi connectivity index (χ1v) is 9.77. The minimum atomic E-state index is -0.325. The summed E-state index contributed by atoms with van der Waals surface area (Å²) in [6, 6.07) is 5.52. The van der Waals surface area contributed by atoms with E-state index in [0.717, 1.165) is 12.8 Å². The molecule has 4 atom stereocenters. The number of hydrogen-bond donors (Lipinski definition) is 1. The average molecular weight is 374 g/mol. The summed E-state index contributed by atoms with van der Waals surface area (Å²) in [5.41, 5.74) is 0.592. The lowest BCUT2D eigenvalue weighted by atomic mass is 9.77. The summed E-state index contributed by atoms with van der Waals surface area (Å²) in [5, 5.41) is 2.92. The fourth-order valence-electron chi connectivity index (χ4n) is 4.36. The van der Waals surface area contributed by atoms with Gasteiger partial charge in [-0.1, -0.05) is 26.7 Å². The molecule has 1 aromatic rings. The molecular formula is C21H30N2O4. The summed E-state index contributed by atoms with van der Waals surface area (Å²) in [5.74, 6) is 1.94. The van der Waals surface area contributed by atoms with Crippen molar-refractivity contribution in [2.45, 2.75) is 45.6 Å². The van der Waals surface area contributed by atoms with Crippen LogP contribution in [0.3, 0.4) is 0 Å². The number of amides is 2. The lowest BCUT2D eigenvalue weighted by molar-refractivity contribution is -0.131. The zero-order valence-corrected chi connectivity index (χ0v) is 16.7. The van der Waals surface area contributed by atoms with Crippen LogP contribution < -0.4 is 14.8 Å². The van der Waals surface area contributed by atoms with E-state index in [0.29, 0.717) is 35.6 Å². The number of methoxy groups -OCH3 is 2. The second-order valence-corrected chi connectivity index (χ2v) is 7.84. The van der Waals surface area contributed by atoms with Crippen molar-refractivity contribution in [1.82, 2.24) is 4.90 Å². The molecule has 2 amide bonds. The quantitative estimate of drug-likeness (QED) is 0.859. The van der Waals surface area contributed by atoms with Gasteiger partial charge in [0.2, 0.25) is 11.8 Å². The Balaban J connectivity index is 1.67. The van der Waals surface area contributed by atoms with Crippen LogP contribution in [0.25, 0.3) is 0 Å². The van der Waals surface area contributed by atoms with Crippen molar-refractivity contribution >= 4 is 17.5 Å².